The van der Waals surface area contributed by atoms with Gasteiger partial charge in [-0.2, -0.15) is 10.2 Å². The molecule has 0 aliphatic carbocycles. The Labute approximate surface area is 150 Å². The van der Waals surface area contributed by atoms with Crippen LogP contribution in [0.15, 0.2) is 42.9 Å². The molecular weight excluding hydrogens is 334 g/mol. The number of hydrogen-bond donors (Lipinski definition) is 0. The lowest BCUT2D eigenvalue weighted by molar-refractivity contribution is -0.133. The molecule has 1 aliphatic heterocycles. The number of carbonyl (C=O) groups is 1. The van der Waals surface area contributed by atoms with Gasteiger partial charge in [-0.1, -0.05) is 18.2 Å². The molecule has 0 spiro atoms. The number of rotatable bonds is 5. The minimum Gasteiger partial charge on any atom is -0.482 e. The minimum absolute atomic E-state index is 0.0332. The van der Waals surface area contributed by atoms with Crippen LogP contribution >= 0.6 is 0 Å². The Morgan fingerprint density at radius 2 is 2.15 bits per heavy atom. The highest BCUT2D eigenvalue weighted by Gasteiger charge is 2.35. The topological polar surface area (TPSA) is 74.4 Å². The number of hydrogen-bond acceptors (Lipinski definition) is 5. The molecule has 8 nitrogen and oxygen atoms in total. The van der Waals surface area contributed by atoms with Crippen LogP contribution in [0.3, 0.4) is 0 Å². The molecule has 3 heterocycles. The molecule has 1 aromatic carbocycles. The second-order valence-electron chi connectivity index (χ2n) is 6.48. The van der Waals surface area contributed by atoms with Gasteiger partial charge in [0, 0.05) is 19.5 Å². The van der Waals surface area contributed by atoms with E-state index < -0.39 is 0 Å². The van der Waals surface area contributed by atoms with E-state index in [1.807, 2.05) is 31.3 Å². The van der Waals surface area contributed by atoms with Crippen LogP contribution in [0.5, 0.6) is 5.75 Å². The number of para-hydroxylation sites is 1. The third-order valence-corrected chi connectivity index (χ3v) is 4.70. The molecule has 2 atom stereocenters. The highest BCUT2D eigenvalue weighted by Crippen LogP contribution is 2.20. The van der Waals surface area contributed by atoms with Crippen molar-refractivity contribution in [1.82, 2.24) is 24.5 Å². The zero-order chi connectivity index (χ0) is 18.1. The molecule has 136 valence electrons. The van der Waals surface area contributed by atoms with Crippen LogP contribution < -0.4 is 4.74 Å². The first kappa shape index (κ1) is 16.6. The maximum absolute atomic E-state index is 12.8. The molecule has 4 rings (SSSR count). The third-order valence-electron chi connectivity index (χ3n) is 4.70. The molecule has 0 saturated carbocycles. The molecule has 8 heteroatoms. The first-order valence-corrected chi connectivity index (χ1v) is 8.51. The van der Waals surface area contributed by atoms with E-state index in [9.17, 15) is 4.79 Å². The summed E-state index contributed by atoms with van der Waals surface area (Å²) in [5.41, 5.74) is 0.945. The van der Waals surface area contributed by atoms with Gasteiger partial charge in [-0.3, -0.25) is 14.2 Å². The van der Waals surface area contributed by atoms with Crippen LogP contribution in [0, 0.1) is 0 Å². The summed E-state index contributed by atoms with van der Waals surface area (Å²) in [5, 5.41) is 9.45. The lowest BCUT2D eigenvalue weighted by Crippen LogP contribution is -2.47. The van der Waals surface area contributed by atoms with Crippen molar-refractivity contribution in [3.05, 3.63) is 42.9 Å². The smallest absolute Gasteiger partial charge is 0.244 e. The van der Waals surface area contributed by atoms with E-state index in [1.165, 1.54) is 0 Å². The summed E-state index contributed by atoms with van der Waals surface area (Å²) in [7, 11) is 3.62. The summed E-state index contributed by atoms with van der Waals surface area (Å²) in [5.74, 6) is 0.640. The monoisotopic (exact) mass is 355 g/mol. The van der Waals surface area contributed by atoms with Gasteiger partial charge in [-0.25, -0.2) is 0 Å². The number of fused-ring (bicyclic) bond motifs is 1. The van der Waals surface area contributed by atoms with Gasteiger partial charge in [0.15, 0.2) is 5.75 Å². The average Bonchev–Trinajstić information content (AvgIpc) is 3.36. The number of benzene rings is 1. The van der Waals surface area contributed by atoms with Crippen LogP contribution in [0.25, 0.3) is 10.9 Å². The fraction of sp³-hybridized carbons (Fsp3) is 0.389. The van der Waals surface area contributed by atoms with E-state index in [4.69, 9.17) is 9.47 Å². The molecular formula is C18H21N5O3. The van der Waals surface area contributed by atoms with Crippen molar-refractivity contribution in [1.29, 1.82) is 0 Å². The van der Waals surface area contributed by atoms with E-state index in [-0.39, 0.29) is 24.6 Å². The standard InChI is InChI=1S/C18H21N5O3/c1-21-9-14(8-19-21)26-17-12-25-11-16(17)22(2)18(24)10-23-15-6-4-3-5-13(15)7-20-23/h3-9,16-17H,10-12H2,1-2H3/t16-,17+/m0/s1. The quantitative estimate of drug-likeness (QED) is 0.685. The molecule has 0 N–H and O–H groups in total. The minimum atomic E-state index is -0.220. The van der Waals surface area contributed by atoms with Crippen molar-refractivity contribution < 1.29 is 14.3 Å². The number of nitrogens with zero attached hydrogens (tertiary/aromatic N) is 5. The predicted octanol–water partition coefficient (Wildman–Crippen LogP) is 1.07. The van der Waals surface area contributed by atoms with Gasteiger partial charge in [0.2, 0.25) is 5.91 Å². The Morgan fingerprint density at radius 3 is 2.96 bits per heavy atom. The second kappa shape index (κ2) is 6.80. The lowest BCUT2D eigenvalue weighted by Gasteiger charge is -2.28. The fourth-order valence-electron chi connectivity index (χ4n) is 3.21. The molecule has 1 amide bonds. The van der Waals surface area contributed by atoms with Crippen molar-refractivity contribution >= 4 is 16.8 Å². The summed E-state index contributed by atoms with van der Waals surface area (Å²) >= 11 is 0. The number of likely N-dealkylation sites (N-methyl/N-ethyl adjacent to an activating group) is 1. The van der Waals surface area contributed by atoms with E-state index in [0.717, 1.165) is 10.9 Å². The molecule has 1 aliphatic rings. The molecule has 0 radical (unpaired) electrons. The zero-order valence-corrected chi connectivity index (χ0v) is 14.8. The molecule has 1 fully saturated rings. The van der Waals surface area contributed by atoms with Gasteiger partial charge in [0.25, 0.3) is 0 Å². The summed E-state index contributed by atoms with van der Waals surface area (Å²) < 4.78 is 14.9. The molecule has 1 saturated heterocycles. The van der Waals surface area contributed by atoms with Crippen molar-refractivity contribution in [3.8, 4) is 5.75 Å². The van der Waals surface area contributed by atoms with E-state index >= 15 is 0 Å². The zero-order valence-electron chi connectivity index (χ0n) is 14.8. The maximum Gasteiger partial charge on any atom is 0.244 e. The van der Waals surface area contributed by atoms with E-state index in [1.54, 1.807) is 39.9 Å². The normalized spacial score (nSPS) is 19.8. The number of ether oxygens (including phenoxy) is 2. The average molecular weight is 355 g/mol. The van der Waals surface area contributed by atoms with Gasteiger partial charge < -0.3 is 14.4 Å². The fourth-order valence-corrected chi connectivity index (χ4v) is 3.21. The molecule has 2 aromatic heterocycles. The lowest BCUT2D eigenvalue weighted by atomic mass is 10.2. The van der Waals surface area contributed by atoms with E-state index in [0.29, 0.717) is 19.0 Å². The molecule has 0 bridgehead atoms. The first-order chi connectivity index (χ1) is 12.6. The SMILES string of the molecule is CN(C(=O)Cn1ncc2ccccc21)[C@H]1COC[C@H]1Oc1cnn(C)c1. The Balaban J connectivity index is 1.45. The number of aryl methyl sites for hydroxylation is 1. The van der Waals surface area contributed by atoms with Crippen LogP contribution in [0.4, 0.5) is 0 Å². The third kappa shape index (κ3) is 3.15. The Bertz CT molecular complexity index is 918. The van der Waals surface area contributed by atoms with Crippen LogP contribution in [-0.2, 0) is 23.1 Å². The molecule has 3 aromatic rings. The molecule has 26 heavy (non-hydrogen) atoms. The van der Waals surface area contributed by atoms with Crippen LogP contribution in [0.1, 0.15) is 0 Å². The Kier molecular flexibility index (Phi) is 4.34. The van der Waals surface area contributed by atoms with Crippen molar-refractivity contribution in [2.75, 3.05) is 20.3 Å². The van der Waals surface area contributed by atoms with Gasteiger partial charge >= 0.3 is 0 Å². The Morgan fingerprint density at radius 1 is 1.31 bits per heavy atom. The predicted molar refractivity (Wildman–Crippen MR) is 94.7 cm³/mol. The van der Waals surface area contributed by atoms with Crippen molar-refractivity contribution in [2.45, 2.75) is 18.7 Å². The summed E-state index contributed by atoms with van der Waals surface area (Å²) in [4.78, 5) is 14.5. The maximum atomic E-state index is 12.8. The molecule has 0 unspecified atom stereocenters. The highest BCUT2D eigenvalue weighted by molar-refractivity contribution is 5.82. The van der Waals surface area contributed by atoms with Crippen LogP contribution in [-0.4, -0.2) is 62.8 Å². The van der Waals surface area contributed by atoms with Gasteiger partial charge in [0.1, 0.15) is 12.6 Å². The van der Waals surface area contributed by atoms with Crippen molar-refractivity contribution in [2.24, 2.45) is 7.05 Å². The van der Waals surface area contributed by atoms with Gasteiger partial charge in [-0.05, 0) is 6.07 Å². The highest BCUT2D eigenvalue weighted by atomic mass is 16.5. The number of amides is 1. The van der Waals surface area contributed by atoms with Gasteiger partial charge in [0.05, 0.1) is 43.4 Å². The largest absolute Gasteiger partial charge is 0.482 e. The number of aromatic nitrogens is 4. The van der Waals surface area contributed by atoms with Crippen LogP contribution in [0.2, 0.25) is 0 Å². The van der Waals surface area contributed by atoms with E-state index in [2.05, 4.69) is 10.2 Å². The summed E-state index contributed by atoms with van der Waals surface area (Å²) in [6.07, 6.45) is 5.01. The van der Waals surface area contributed by atoms with Crippen molar-refractivity contribution in [3.63, 3.8) is 0 Å². The van der Waals surface area contributed by atoms with Gasteiger partial charge in [-0.15, -0.1) is 0 Å². The summed E-state index contributed by atoms with van der Waals surface area (Å²) in [6, 6.07) is 7.69. The number of carbonyl (C=O) groups excluding carboxylic acids is 1. The first-order valence-electron chi connectivity index (χ1n) is 8.51. The Hall–Kier alpha value is -2.87. The second-order valence-corrected chi connectivity index (χ2v) is 6.48. The summed E-state index contributed by atoms with van der Waals surface area (Å²) in [6.45, 7) is 1.08.